The highest BCUT2D eigenvalue weighted by atomic mass is 79.9. The fourth-order valence-corrected chi connectivity index (χ4v) is 2.32. The van der Waals surface area contributed by atoms with Gasteiger partial charge in [0.15, 0.2) is 0 Å². The molecule has 0 fully saturated rings. The Kier molecular flexibility index (Phi) is 4.54. The molecule has 0 amide bonds. The van der Waals surface area contributed by atoms with Crippen molar-refractivity contribution in [3.8, 4) is 0 Å². The Morgan fingerprint density at radius 3 is 2.50 bits per heavy atom. The van der Waals surface area contributed by atoms with E-state index in [1.165, 1.54) is 10.9 Å². The van der Waals surface area contributed by atoms with Crippen LogP contribution >= 0.6 is 15.9 Å². The van der Waals surface area contributed by atoms with Gasteiger partial charge in [0.1, 0.15) is 5.65 Å². The van der Waals surface area contributed by atoms with Gasteiger partial charge in [-0.2, -0.15) is 0 Å². The van der Waals surface area contributed by atoms with E-state index >= 15 is 0 Å². The van der Waals surface area contributed by atoms with Crippen molar-refractivity contribution in [1.82, 2.24) is 9.55 Å². The number of pyridine rings is 1. The molecule has 0 aliphatic heterocycles. The molecule has 0 bridgehead atoms. The second-order valence-electron chi connectivity index (χ2n) is 3.80. The standard InChI is InChI=1S/C11H13BrN2.C2H6/c1-7(2)14-6-8(3)10-9(12)4-5-13-11(10)14;1-2/h4-7H,1-3H3;1-2H3. The maximum Gasteiger partial charge on any atom is 0.141 e. The van der Waals surface area contributed by atoms with Crippen molar-refractivity contribution < 1.29 is 0 Å². The van der Waals surface area contributed by atoms with Crippen LogP contribution in [0.15, 0.2) is 22.9 Å². The molecular weight excluding hydrogens is 264 g/mol. The summed E-state index contributed by atoms with van der Waals surface area (Å²) in [5.74, 6) is 0. The number of hydrogen-bond acceptors (Lipinski definition) is 1. The van der Waals surface area contributed by atoms with E-state index < -0.39 is 0 Å². The zero-order chi connectivity index (χ0) is 12.3. The van der Waals surface area contributed by atoms with Crippen LogP contribution < -0.4 is 0 Å². The van der Waals surface area contributed by atoms with Crippen molar-refractivity contribution in [2.45, 2.75) is 40.7 Å². The highest BCUT2D eigenvalue weighted by Crippen LogP contribution is 2.28. The summed E-state index contributed by atoms with van der Waals surface area (Å²) in [6.07, 6.45) is 4.00. The molecule has 0 atom stereocenters. The molecule has 2 aromatic rings. The molecule has 0 saturated carbocycles. The van der Waals surface area contributed by atoms with E-state index in [0.29, 0.717) is 6.04 Å². The first kappa shape index (κ1) is 13.2. The number of fused-ring (bicyclic) bond motifs is 1. The zero-order valence-electron chi connectivity index (χ0n) is 10.6. The summed E-state index contributed by atoms with van der Waals surface area (Å²) in [4.78, 5) is 4.42. The smallest absolute Gasteiger partial charge is 0.141 e. The minimum atomic E-state index is 0.452. The summed E-state index contributed by atoms with van der Waals surface area (Å²) in [6, 6.07) is 2.44. The monoisotopic (exact) mass is 282 g/mol. The molecule has 0 N–H and O–H groups in total. The number of nitrogens with zero attached hydrogens (tertiary/aromatic N) is 2. The summed E-state index contributed by atoms with van der Waals surface area (Å²) in [7, 11) is 0. The predicted molar refractivity (Wildman–Crippen MR) is 73.9 cm³/mol. The van der Waals surface area contributed by atoms with Crippen molar-refractivity contribution in [1.29, 1.82) is 0 Å². The SMILES string of the molecule is CC.Cc1cn(C(C)C)c2nccc(Br)c12. The molecule has 0 radical (unpaired) electrons. The first-order valence-corrected chi connectivity index (χ1v) is 6.52. The van der Waals surface area contributed by atoms with Gasteiger partial charge in [-0.15, -0.1) is 0 Å². The van der Waals surface area contributed by atoms with Crippen LogP contribution in [-0.4, -0.2) is 9.55 Å². The molecule has 2 rings (SSSR count). The molecule has 0 aliphatic carbocycles. The number of halogens is 1. The first-order chi connectivity index (χ1) is 7.61. The van der Waals surface area contributed by atoms with Crippen LogP contribution in [0.5, 0.6) is 0 Å². The van der Waals surface area contributed by atoms with Gasteiger partial charge in [0.2, 0.25) is 0 Å². The van der Waals surface area contributed by atoms with Gasteiger partial charge in [0, 0.05) is 28.3 Å². The lowest BCUT2D eigenvalue weighted by Crippen LogP contribution is -1.99. The third kappa shape index (κ3) is 2.29. The van der Waals surface area contributed by atoms with Crippen LogP contribution in [0.25, 0.3) is 11.0 Å². The maximum absolute atomic E-state index is 4.42. The van der Waals surface area contributed by atoms with Crippen LogP contribution in [0.2, 0.25) is 0 Å². The molecule has 0 aromatic carbocycles. The van der Waals surface area contributed by atoms with E-state index in [2.05, 4.69) is 52.4 Å². The number of hydrogen-bond donors (Lipinski definition) is 0. The summed E-state index contributed by atoms with van der Waals surface area (Å²) in [5.41, 5.74) is 2.33. The van der Waals surface area contributed by atoms with E-state index in [4.69, 9.17) is 0 Å². The van der Waals surface area contributed by atoms with Gasteiger partial charge in [-0.05, 0) is 48.3 Å². The number of rotatable bonds is 1. The molecule has 16 heavy (non-hydrogen) atoms. The van der Waals surface area contributed by atoms with Crippen LogP contribution in [0.1, 0.15) is 39.3 Å². The van der Waals surface area contributed by atoms with Crippen molar-refractivity contribution in [2.75, 3.05) is 0 Å². The summed E-state index contributed by atoms with van der Waals surface area (Å²) in [6.45, 7) is 10.5. The summed E-state index contributed by atoms with van der Waals surface area (Å²) >= 11 is 3.56. The van der Waals surface area contributed by atoms with Gasteiger partial charge in [-0.1, -0.05) is 13.8 Å². The molecule has 2 nitrogen and oxygen atoms in total. The average Bonchev–Trinajstić information content (AvgIpc) is 2.61. The minimum Gasteiger partial charge on any atom is -0.330 e. The summed E-state index contributed by atoms with van der Waals surface area (Å²) in [5, 5.41) is 1.22. The molecule has 3 heteroatoms. The highest BCUT2D eigenvalue weighted by Gasteiger charge is 2.10. The van der Waals surface area contributed by atoms with Gasteiger partial charge in [0.05, 0.1) is 0 Å². The lowest BCUT2D eigenvalue weighted by molar-refractivity contribution is 0.617. The second-order valence-corrected chi connectivity index (χ2v) is 4.66. The van der Waals surface area contributed by atoms with Gasteiger partial charge in [-0.3, -0.25) is 0 Å². The first-order valence-electron chi connectivity index (χ1n) is 5.73. The van der Waals surface area contributed by atoms with E-state index in [1.54, 1.807) is 0 Å². The topological polar surface area (TPSA) is 17.8 Å². The zero-order valence-corrected chi connectivity index (χ0v) is 12.2. The molecule has 2 heterocycles. The van der Waals surface area contributed by atoms with Gasteiger partial charge in [0.25, 0.3) is 0 Å². The lowest BCUT2D eigenvalue weighted by Gasteiger charge is -2.07. The van der Waals surface area contributed by atoms with Crippen molar-refractivity contribution in [2.24, 2.45) is 0 Å². The number of aryl methyl sites for hydroxylation is 1. The fourth-order valence-electron chi connectivity index (χ4n) is 1.72. The predicted octanol–water partition coefficient (Wildman–Crippen LogP) is 4.71. The molecular formula is C13H19BrN2. The van der Waals surface area contributed by atoms with Crippen LogP contribution in [0, 0.1) is 6.92 Å². The second kappa shape index (κ2) is 5.48. The lowest BCUT2D eigenvalue weighted by atomic mass is 10.2. The fraction of sp³-hybridized carbons (Fsp3) is 0.462. The Morgan fingerprint density at radius 1 is 1.31 bits per heavy atom. The van der Waals surface area contributed by atoms with E-state index in [1.807, 2.05) is 26.1 Å². The van der Waals surface area contributed by atoms with Crippen molar-refractivity contribution in [3.05, 3.63) is 28.5 Å². The van der Waals surface area contributed by atoms with Crippen molar-refractivity contribution in [3.63, 3.8) is 0 Å². The Hall–Kier alpha value is -0.830. The average molecular weight is 283 g/mol. The Balaban J connectivity index is 0.000000606. The van der Waals surface area contributed by atoms with Crippen LogP contribution in [0.4, 0.5) is 0 Å². The molecule has 0 saturated heterocycles. The normalized spacial score (nSPS) is 10.4. The Morgan fingerprint density at radius 2 is 1.94 bits per heavy atom. The Bertz CT molecular complexity index is 472. The number of aromatic nitrogens is 2. The third-order valence-electron chi connectivity index (χ3n) is 2.41. The molecule has 88 valence electrons. The van der Waals surface area contributed by atoms with E-state index in [9.17, 15) is 0 Å². The van der Waals surface area contributed by atoms with Gasteiger partial charge in [-0.25, -0.2) is 4.98 Å². The minimum absolute atomic E-state index is 0.452. The molecule has 0 spiro atoms. The molecule has 0 aliphatic rings. The maximum atomic E-state index is 4.42. The van der Waals surface area contributed by atoms with Crippen LogP contribution in [-0.2, 0) is 0 Å². The van der Waals surface area contributed by atoms with Crippen molar-refractivity contribution >= 4 is 27.0 Å². The van der Waals surface area contributed by atoms with E-state index in [0.717, 1.165) is 10.1 Å². The van der Waals surface area contributed by atoms with Crippen LogP contribution in [0.3, 0.4) is 0 Å². The largest absolute Gasteiger partial charge is 0.330 e. The molecule has 2 aromatic heterocycles. The Labute approximate surface area is 106 Å². The summed E-state index contributed by atoms with van der Waals surface area (Å²) < 4.78 is 3.33. The van der Waals surface area contributed by atoms with Gasteiger partial charge < -0.3 is 4.57 Å². The quantitative estimate of drug-likeness (QED) is 0.740. The highest BCUT2D eigenvalue weighted by molar-refractivity contribution is 9.10. The molecule has 0 unspecified atom stereocenters. The third-order valence-corrected chi connectivity index (χ3v) is 3.07. The van der Waals surface area contributed by atoms with Gasteiger partial charge >= 0.3 is 0 Å². The van der Waals surface area contributed by atoms with E-state index in [-0.39, 0.29) is 0 Å².